The Kier molecular flexibility index (Phi) is 8.25. The van der Waals surface area contributed by atoms with Gasteiger partial charge in [-0.05, 0) is 42.7 Å². The molecule has 11 nitrogen and oxygen atoms in total. The number of fused-ring (bicyclic) bond motifs is 1. The van der Waals surface area contributed by atoms with Gasteiger partial charge >= 0.3 is 6.09 Å². The number of para-hydroxylation sites is 2. The van der Waals surface area contributed by atoms with E-state index in [1.165, 1.54) is 29.0 Å². The molecule has 2 aromatic carbocycles. The third-order valence-corrected chi connectivity index (χ3v) is 7.12. The van der Waals surface area contributed by atoms with E-state index in [1.54, 1.807) is 12.1 Å². The number of hydrogen-bond donors (Lipinski definition) is 2. The fourth-order valence-corrected chi connectivity index (χ4v) is 5.01. The van der Waals surface area contributed by atoms with E-state index in [9.17, 15) is 14.0 Å². The van der Waals surface area contributed by atoms with Crippen LogP contribution in [-0.2, 0) is 18.0 Å². The van der Waals surface area contributed by atoms with E-state index >= 15 is 0 Å². The lowest BCUT2D eigenvalue weighted by molar-refractivity contribution is 0.110. The van der Waals surface area contributed by atoms with Gasteiger partial charge in [-0.3, -0.25) is 4.79 Å². The molecular formula is C28H32FN7O4. The zero-order chi connectivity index (χ0) is 28.1. The number of benzene rings is 2. The molecule has 210 valence electrons. The van der Waals surface area contributed by atoms with Crippen LogP contribution in [0, 0.1) is 5.82 Å². The first-order valence-electron chi connectivity index (χ1n) is 13.2. The number of rotatable bonds is 9. The molecule has 12 heteroatoms. The Labute approximate surface area is 230 Å². The lowest BCUT2D eigenvalue weighted by atomic mass is 10.0. The lowest BCUT2D eigenvalue weighted by Gasteiger charge is -2.38. The summed E-state index contributed by atoms with van der Waals surface area (Å²) in [7, 11) is 1.88. The number of nitrogens with one attached hydrogen (secondary N) is 1. The maximum atomic E-state index is 13.5. The van der Waals surface area contributed by atoms with Crippen molar-refractivity contribution in [3.63, 3.8) is 0 Å². The van der Waals surface area contributed by atoms with Crippen molar-refractivity contribution in [2.45, 2.75) is 32.2 Å². The molecule has 0 radical (unpaired) electrons. The molecule has 3 heterocycles. The molecule has 0 bridgehead atoms. The summed E-state index contributed by atoms with van der Waals surface area (Å²) in [6.45, 7) is 1.59. The highest BCUT2D eigenvalue weighted by atomic mass is 19.1. The first kappa shape index (κ1) is 27.1. The first-order valence-corrected chi connectivity index (χ1v) is 13.2. The molecule has 0 aliphatic carbocycles. The lowest BCUT2D eigenvalue weighted by Crippen LogP contribution is -2.46. The van der Waals surface area contributed by atoms with Gasteiger partial charge < -0.3 is 29.5 Å². The highest BCUT2D eigenvalue weighted by molar-refractivity contribution is 5.79. The van der Waals surface area contributed by atoms with Gasteiger partial charge in [-0.1, -0.05) is 24.3 Å². The smallest absolute Gasteiger partial charge is 0.408 e. The van der Waals surface area contributed by atoms with Crippen molar-refractivity contribution >= 4 is 29.0 Å². The van der Waals surface area contributed by atoms with Gasteiger partial charge in [0.05, 0.1) is 24.2 Å². The van der Waals surface area contributed by atoms with Gasteiger partial charge in [0, 0.05) is 45.0 Å². The predicted octanol–water partition coefficient (Wildman–Crippen LogP) is 2.56. The van der Waals surface area contributed by atoms with Gasteiger partial charge in [0.15, 0.2) is 6.73 Å². The minimum Gasteiger partial charge on any atom is -0.428 e. The molecule has 0 spiro atoms. The number of aliphatic hydroxyl groups is 1. The maximum Gasteiger partial charge on any atom is 0.408 e. The summed E-state index contributed by atoms with van der Waals surface area (Å²) in [6.07, 6.45) is 2.30. The number of amides is 1. The number of alkyl carbamates (subject to hydrolysis) is 1. The van der Waals surface area contributed by atoms with Crippen LogP contribution in [-0.4, -0.2) is 69.6 Å². The Bertz CT molecular complexity index is 1510. The molecule has 0 atom stereocenters. The van der Waals surface area contributed by atoms with E-state index in [2.05, 4.69) is 19.8 Å². The van der Waals surface area contributed by atoms with Crippen LogP contribution in [0.3, 0.4) is 0 Å². The number of halogens is 1. The summed E-state index contributed by atoms with van der Waals surface area (Å²) in [5.74, 6) is 1.01. The Morgan fingerprint density at radius 2 is 1.88 bits per heavy atom. The van der Waals surface area contributed by atoms with Crippen LogP contribution >= 0.6 is 0 Å². The van der Waals surface area contributed by atoms with Gasteiger partial charge in [0.1, 0.15) is 5.82 Å². The zero-order valence-corrected chi connectivity index (χ0v) is 22.2. The van der Waals surface area contributed by atoms with Crippen molar-refractivity contribution < 1.29 is 19.0 Å². The number of nitrogens with zero attached hydrogens (tertiary/aromatic N) is 6. The number of anilines is 2. The molecule has 1 fully saturated rings. The van der Waals surface area contributed by atoms with Gasteiger partial charge in [0.2, 0.25) is 11.9 Å². The predicted molar refractivity (Wildman–Crippen MR) is 149 cm³/mol. The fourth-order valence-electron chi connectivity index (χ4n) is 5.01. The van der Waals surface area contributed by atoms with Crippen molar-refractivity contribution in [1.82, 2.24) is 24.4 Å². The van der Waals surface area contributed by atoms with E-state index < -0.39 is 6.09 Å². The molecule has 1 aliphatic rings. The molecule has 0 saturated carbocycles. The molecule has 1 amide bonds. The number of carbonyl (C=O) groups excluding carboxylic acids is 1. The third-order valence-electron chi connectivity index (χ3n) is 7.12. The minimum atomic E-state index is -0.727. The normalized spacial score (nSPS) is 13.9. The fraction of sp³-hybridized carbons (Fsp3) is 0.357. The van der Waals surface area contributed by atoms with Crippen molar-refractivity contribution in [1.29, 1.82) is 0 Å². The van der Waals surface area contributed by atoms with Crippen molar-refractivity contribution in [3.8, 4) is 0 Å². The second-order valence-electron chi connectivity index (χ2n) is 9.66. The van der Waals surface area contributed by atoms with E-state index in [-0.39, 0.29) is 37.3 Å². The standard InChI is InChI=1S/C28H32FN7O4/c1-33(26-30-13-10-25(38)36(26)19-40-28(39)31-14-17-37)22-11-15-34(16-12-22)27-32-23-4-2-3-5-24(23)35(27)18-20-6-8-21(29)9-7-20/h2-10,13,22,37H,11-12,14-19H2,1H3,(H,31,39). The molecule has 1 aliphatic heterocycles. The number of piperidine rings is 1. The molecule has 0 unspecified atom stereocenters. The molecular weight excluding hydrogens is 517 g/mol. The second-order valence-corrected chi connectivity index (χ2v) is 9.66. The van der Waals surface area contributed by atoms with Crippen LogP contribution in [0.1, 0.15) is 18.4 Å². The first-order chi connectivity index (χ1) is 19.4. The Balaban J connectivity index is 1.31. The van der Waals surface area contributed by atoms with Crippen LogP contribution in [0.5, 0.6) is 0 Å². The Morgan fingerprint density at radius 1 is 1.12 bits per heavy atom. The van der Waals surface area contributed by atoms with Crippen molar-refractivity contribution in [3.05, 3.63) is 82.5 Å². The van der Waals surface area contributed by atoms with E-state index in [1.807, 2.05) is 36.2 Å². The maximum absolute atomic E-state index is 13.5. The Morgan fingerprint density at radius 3 is 2.62 bits per heavy atom. The number of aromatic nitrogens is 4. The van der Waals surface area contributed by atoms with Crippen LogP contribution in [0.25, 0.3) is 11.0 Å². The Hall–Kier alpha value is -4.45. The van der Waals surface area contributed by atoms with Gasteiger partial charge in [-0.15, -0.1) is 0 Å². The van der Waals surface area contributed by atoms with E-state index in [0.717, 1.165) is 48.5 Å². The molecule has 2 aromatic heterocycles. The monoisotopic (exact) mass is 549 g/mol. The summed E-state index contributed by atoms with van der Waals surface area (Å²) in [5.41, 5.74) is 2.57. The quantitative estimate of drug-likeness (QED) is 0.327. The highest BCUT2D eigenvalue weighted by Gasteiger charge is 2.28. The summed E-state index contributed by atoms with van der Waals surface area (Å²) >= 11 is 0. The largest absolute Gasteiger partial charge is 0.428 e. The SMILES string of the molecule is CN(c1nccc(=O)n1COC(=O)NCCO)C1CCN(c2nc3ccccc3n2Cc2ccc(F)cc2)CC1. The number of imidazole rings is 1. The average molecular weight is 550 g/mol. The van der Waals surface area contributed by atoms with E-state index in [4.69, 9.17) is 14.8 Å². The summed E-state index contributed by atoms with van der Waals surface area (Å²) in [4.78, 5) is 38.0. The zero-order valence-electron chi connectivity index (χ0n) is 22.2. The van der Waals surface area contributed by atoms with Gasteiger partial charge in [-0.2, -0.15) is 0 Å². The van der Waals surface area contributed by atoms with Crippen molar-refractivity contribution in [2.24, 2.45) is 0 Å². The topological polar surface area (TPSA) is 118 Å². The summed E-state index contributed by atoms with van der Waals surface area (Å²) in [6, 6.07) is 15.9. The number of aliphatic hydroxyl groups excluding tert-OH is 1. The molecule has 1 saturated heterocycles. The van der Waals surface area contributed by atoms with Crippen LogP contribution in [0.15, 0.2) is 65.6 Å². The van der Waals surface area contributed by atoms with Crippen molar-refractivity contribution in [2.75, 3.05) is 43.1 Å². The molecule has 2 N–H and O–H groups in total. The van der Waals surface area contributed by atoms with Crippen LogP contribution in [0.2, 0.25) is 0 Å². The van der Waals surface area contributed by atoms with E-state index in [0.29, 0.717) is 12.5 Å². The molecule has 4 aromatic rings. The molecule has 5 rings (SSSR count). The summed E-state index contributed by atoms with van der Waals surface area (Å²) < 4.78 is 22.1. The summed E-state index contributed by atoms with van der Waals surface area (Å²) in [5, 5.41) is 11.3. The number of ether oxygens (including phenoxy) is 1. The third kappa shape index (κ3) is 5.91. The second kappa shape index (κ2) is 12.2. The van der Waals surface area contributed by atoms with Gasteiger partial charge in [-0.25, -0.2) is 23.7 Å². The highest BCUT2D eigenvalue weighted by Crippen LogP contribution is 2.28. The molecule has 40 heavy (non-hydrogen) atoms. The van der Waals surface area contributed by atoms with Gasteiger partial charge in [0.25, 0.3) is 5.56 Å². The number of hydrogen-bond acceptors (Lipinski definition) is 8. The average Bonchev–Trinajstić information content (AvgIpc) is 3.34. The van der Waals surface area contributed by atoms with Crippen LogP contribution in [0.4, 0.5) is 21.1 Å². The van der Waals surface area contributed by atoms with Crippen LogP contribution < -0.4 is 20.7 Å². The minimum absolute atomic E-state index is 0.0593. The number of carbonyl (C=O) groups is 1.